The molecule has 26 heavy (non-hydrogen) atoms. The number of hydrogen-bond acceptors (Lipinski definition) is 4. The van der Waals surface area contributed by atoms with Gasteiger partial charge in [0.2, 0.25) is 0 Å². The summed E-state index contributed by atoms with van der Waals surface area (Å²) < 4.78 is 6.91. The number of aryl methyl sites for hydroxylation is 1. The molecule has 1 aromatic heterocycles. The number of morpholine rings is 1. The predicted molar refractivity (Wildman–Crippen MR) is 100 cm³/mol. The zero-order chi connectivity index (χ0) is 18.4. The first-order valence-corrected chi connectivity index (χ1v) is 8.90. The van der Waals surface area contributed by atoms with Crippen LogP contribution in [-0.4, -0.2) is 60.0 Å². The van der Waals surface area contributed by atoms with Gasteiger partial charge in [0.15, 0.2) is 5.69 Å². The monoisotopic (exact) mass is 372 g/mol. The normalized spacial score (nSPS) is 14.5. The van der Waals surface area contributed by atoms with Crippen molar-refractivity contribution in [1.82, 2.24) is 20.0 Å². The summed E-state index contributed by atoms with van der Waals surface area (Å²) in [6.45, 7) is 4.70. The minimum Gasteiger partial charge on any atom is -0.379 e. The predicted octanol–water partition coefficient (Wildman–Crippen LogP) is 1.54. The molecule has 0 spiro atoms. The highest BCUT2D eigenvalue weighted by Crippen LogP contribution is 2.13. The van der Waals surface area contributed by atoms with E-state index >= 15 is 0 Å². The van der Waals surface area contributed by atoms with Crippen LogP contribution in [0.1, 0.15) is 21.7 Å². The van der Waals surface area contributed by atoms with E-state index in [2.05, 4.69) is 27.2 Å². The van der Waals surface area contributed by atoms with Gasteiger partial charge in [0.05, 0.1) is 18.2 Å². The van der Waals surface area contributed by atoms with Crippen molar-refractivity contribution in [2.75, 3.05) is 39.4 Å². The maximum Gasteiger partial charge on any atom is 0.271 e. The molecule has 0 unspecified atom stereocenters. The first kappa shape index (κ1) is 18.5. The van der Waals surface area contributed by atoms with Crippen molar-refractivity contribution in [3.8, 4) is 11.8 Å². The standard InChI is InChI=1S/C19H21ClN4O2/c1-23-16(7-6-15-4-2-3-5-17(15)20)14-18(22-23)19(25)21-8-9-24-10-12-26-13-11-24/h2-5,14H,8-13H2,1H3,(H,21,25). The zero-order valence-corrected chi connectivity index (χ0v) is 15.4. The molecule has 1 saturated heterocycles. The number of nitrogens with zero attached hydrogens (tertiary/aromatic N) is 3. The van der Waals surface area contributed by atoms with Crippen LogP contribution in [0.25, 0.3) is 0 Å². The highest BCUT2D eigenvalue weighted by atomic mass is 35.5. The largest absolute Gasteiger partial charge is 0.379 e. The Morgan fingerprint density at radius 3 is 2.85 bits per heavy atom. The number of hydrogen-bond donors (Lipinski definition) is 1. The highest BCUT2D eigenvalue weighted by Gasteiger charge is 2.13. The average molecular weight is 373 g/mol. The van der Waals surface area contributed by atoms with Crippen molar-refractivity contribution in [3.63, 3.8) is 0 Å². The summed E-state index contributed by atoms with van der Waals surface area (Å²) in [6, 6.07) is 9.07. The lowest BCUT2D eigenvalue weighted by molar-refractivity contribution is 0.0383. The van der Waals surface area contributed by atoms with Crippen LogP contribution in [-0.2, 0) is 11.8 Å². The number of ether oxygens (including phenoxy) is 1. The van der Waals surface area contributed by atoms with Gasteiger partial charge in [-0.2, -0.15) is 5.10 Å². The van der Waals surface area contributed by atoms with Crippen LogP contribution in [0.3, 0.4) is 0 Å². The second kappa shape index (κ2) is 8.86. The summed E-state index contributed by atoms with van der Waals surface area (Å²) in [7, 11) is 1.77. The Kier molecular flexibility index (Phi) is 6.29. The molecule has 7 heteroatoms. The van der Waals surface area contributed by atoms with Crippen molar-refractivity contribution >= 4 is 17.5 Å². The first-order chi connectivity index (χ1) is 12.6. The highest BCUT2D eigenvalue weighted by molar-refractivity contribution is 6.31. The summed E-state index contributed by atoms with van der Waals surface area (Å²) >= 11 is 6.11. The first-order valence-electron chi connectivity index (χ1n) is 8.52. The van der Waals surface area contributed by atoms with E-state index in [1.54, 1.807) is 23.9 Å². The van der Waals surface area contributed by atoms with E-state index in [9.17, 15) is 4.79 Å². The molecule has 0 saturated carbocycles. The van der Waals surface area contributed by atoms with Gasteiger partial charge in [0.1, 0.15) is 5.69 Å². The van der Waals surface area contributed by atoms with Gasteiger partial charge in [-0.15, -0.1) is 0 Å². The maximum absolute atomic E-state index is 12.3. The van der Waals surface area contributed by atoms with E-state index < -0.39 is 0 Å². The minimum atomic E-state index is -0.195. The number of benzene rings is 1. The Balaban J connectivity index is 1.59. The van der Waals surface area contributed by atoms with Crippen molar-refractivity contribution in [3.05, 3.63) is 52.3 Å². The summed E-state index contributed by atoms with van der Waals surface area (Å²) in [4.78, 5) is 14.5. The Hall–Kier alpha value is -2.33. The lowest BCUT2D eigenvalue weighted by atomic mass is 10.2. The summed E-state index contributed by atoms with van der Waals surface area (Å²) in [5, 5.41) is 7.75. The van der Waals surface area contributed by atoms with Gasteiger partial charge in [-0.05, 0) is 18.1 Å². The molecule has 0 atom stereocenters. The van der Waals surface area contributed by atoms with Crippen molar-refractivity contribution < 1.29 is 9.53 Å². The molecule has 2 aromatic rings. The molecule has 0 aliphatic carbocycles. The zero-order valence-electron chi connectivity index (χ0n) is 14.7. The molecule has 1 amide bonds. The van der Waals surface area contributed by atoms with E-state index in [4.69, 9.17) is 16.3 Å². The molecule has 136 valence electrons. The van der Waals surface area contributed by atoms with Crippen LogP contribution >= 0.6 is 11.6 Å². The number of carbonyl (C=O) groups excluding carboxylic acids is 1. The lowest BCUT2D eigenvalue weighted by Gasteiger charge is -2.26. The fourth-order valence-corrected chi connectivity index (χ4v) is 2.82. The fourth-order valence-electron chi connectivity index (χ4n) is 2.63. The smallest absolute Gasteiger partial charge is 0.271 e. The van der Waals surface area contributed by atoms with E-state index in [1.807, 2.05) is 18.2 Å². The van der Waals surface area contributed by atoms with Gasteiger partial charge >= 0.3 is 0 Å². The van der Waals surface area contributed by atoms with Crippen LogP contribution in [0.15, 0.2) is 30.3 Å². The quantitative estimate of drug-likeness (QED) is 0.827. The third-order valence-corrected chi connectivity index (χ3v) is 4.46. The Labute approximate surface area is 158 Å². The van der Waals surface area contributed by atoms with Gasteiger partial charge in [0, 0.05) is 44.9 Å². The molecule has 6 nitrogen and oxygen atoms in total. The summed E-state index contributed by atoms with van der Waals surface area (Å²) in [5.74, 6) is 5.84. The van der Waals surface area contributed by atoms with E-state index in [1.165, 1.54) is 0 Å². The van der Waals surface area contributed by atoms with Gasteiger partial charge in [-0.1, -0.05) is 29.7 Å². The Morgan fingerprint density at radius 1 is 1.31 bits per heavy atom. The van der Waals surface area contributed by atoms with Crippen LogP contribution in [0.4, 0.5) is 0 Å². The molecule has 1 aliphatic heterocycles. The summed E-state index contributed by atoms with van der Waals surface area (Å²) in [6.07, 6.45) is 0. The van der Waals surface area contributed by atoms with Crippen LogP contribution in [0.2, 0.25) is 5.02 Å². The second-order valence-corrected chi connectivity index (χ2v) is 6.39. The number of aromatic nitrogens is 2. The molecular weight excluding hydrogens is 352 g/mol. The number of rotatable bonds is 4. The fraction of sp³-hybridized carbons (Fsp3) is 0.368. The molecule has 1 aromatic carbocycles. The molecule has 2 heterocycles. The van der Waals surface area contributed by atoms with E-state index in [0.717, 1.165) is 38.4 Å². The lowest BCUT2D eigenvalue weighted by Crippen LogP contribution is -2.41. The Bertz CT molecular complexity index is 832. The topological polar surface area (TPSA) is 59.4 Å². The maximum atomic E-state index is 12.3. The number of halogens is 1. The van der Waals surface area contributed by atoms with Crippen molar-refractivity contribution in [2.24, 2.45) is 7.05 Å². The van der Waals surface area contributed by atoms with Crippen molar-refractivity contribution in [2.45, 2.75) is 0 Å². The van der Waals surface area contributed by atoms with Crippen LogP contribution in [0, 0.1) is 11.8 Å². The Morgan fingerprint density at radius 2 is 2.08 bits per heavy atom. The van der Waals surface area contributed by atoms with Gasteiger partial charge in [-0.25, -0.2) is 0 Å². The SMILES string of the molecule is Cn1nc(C(=O)NCCN2CCOCC2)cc1C#Cc1ccccc1Cl. The number of amides is 1. The summed E-state index contributed by atoms with van der Waals surface area (Å²) in [5.41, 5.74) is 1.76. The molecule has 0 radical (unpaired) electrons. The van der Waals surface area contributed by atoms with E-state index in [0.29, 0.717) is 23.0 Å². The van der Waals surface area contributed by atoms with E-state index in [-0.39, 0.29) is 5.91 Å². The molecule has 3 rings (SSSR count). The molecule has 1 N–H and O–H groups in total. The van der Waals surface area contributed by atoms with Crippen LogP contribution < -0.4 is 5.32 Å². The average Bonchev–Trinajstić information content (AvgIpc) is 3.03. The number of nitrogens with one attached hydrogen (secondary N) is 1. The molecule has 0 bridgehead atoms. The van der Waals surface area contributed by atoms with Gasteiger partial charge in [-0.3, -0.25) is 14.4 Å². The molecular formula is C19H21ClN4O2. The second-order valence-electron chi connectivity index (χ2n) is 5.98. The van der Waals surface area contributed by atoms with Crippen LogP contribution in [0.5, 0.6) is 0 Å². The number of carbonyl (C=O) groups is 1. The van der Waals surface area contributed by atoms with Gasteiger partial charge < -0.3 is 10.1 Å². The third-order valence-electron chi connectivity index (χ3n) is 4.13. The minimum absolute atomic E-state index is 0.195. The third kappa shape index (κ3) is 4.85. The van der Waals surface area contributed by atoms with Gasteiger partial charge in [0.25, 0.3) is 5.91 Å². The molecule has 1 aliphatic rings. The van der Waals surface area contributed by atoms with Crippen molar-refractivity contribution in [1.29, 1.82) is 0 Å². The molecule has 1 fully saturated rings.